The van der Waals surface area contributed by atoms with Crippen LogP contribution < -0.4 is 11.1 Å². The maximum Gasteiger partial charge on any atom is 0.165 e. The number of nitrogen functional groups attached to an aromatic ring is 1. The largest absolute Gasteiger partial charge is 0.396 e. The van der Waals surface area contributed by atoms with Gasteiger partial charge in [-0.1, -0.05) is 6.92 Å². The summed E-state index contributed by atoms with van der Waals surface area (Å²) in [7, 11) is -0.811. The number of nitrogens with zero attached hydrogens (tertiary/aromatic N) is 2. The number of anilines is 2. The Hall–Kier alpha value is -1.61. The van der Waals surface area contributed by atoms with Gasteiger partial charge in [0.25, 0.3) is 0 Å². The maximum atomic E-state index is 11.1. The van der Waals surface area contributed by atoms with Crippen LogP contribution in [0.4, 0.5) is 11.5 Å². The summed E-state index contributed by atoms with van der Waals surface area (Å²) in [5.74, 6) is 0.616. The van der Waals surface area contributed by atoms with Crippen LogP contribution >= 0.6 is 0 Å². The van der Waals surface area contributed by atoms with E-state index < -0.39 is 10.8 Å². The van der Waals surface area contributed by atoms with Gasteiger partial charge in [-0.2, -0.15) is 5.26 Å². The first-order chi connectivity index (χ1) is 8.04. The number of aromatic nitrogens is 1. The monoisotopic (exact) mass is 252 g/mol. The molecule has 1 rings (SSSR count). The molecule has 6 heteroatoms. The number of pyridine rings is 1. The standard InChI is InChI=1S/C11H16N4OS/c1-8(17(2)16)5-6-14-11-4-3-9(13)10(7-12)15-11/h3-4,8H,5-6,13H2,1-2H3,(H,14,15). The Morgan fingerprint density at radius 3 is 2.94 bits per heavy atom. The van der Waals surface area contributed by atoms with Crippen molar-refractivity contribution in [1.29, 1.82) is 5.26 Å². The van der Waals surface area contributed by atoms with Crippen molar-refractivity contribution >= 4 is 22.3 Å². The molecule has 0 saturated carbocycles. The average Bonchev–Trinajstić information content (AvgIpc) is 2.31. The summed E-state index contributed by atoms with van der Waals surface area (Å²) in [4.78, 5) is 4.06. The topological polar surface area (TPSA) is 91.8 Å². The molecule has 3 N–H and O–H groups in total. The van der Waals surface area contributed by atoms with Crippen molar-refractivity contribution in [1.82, 2.24) is 4.98 Å². The molecule has 2 atom stereocenters. The van der Waals surface area contributed by atoms with Gasteiger partial charge in [0.05, 0.1) is 5.69 Å². The molecule has 0 aliphatic heterocycles. The Morgan fingerprint density at radius 2 is 2.35 bits per heavy atom. The summed E-state index contributed by atoms with van der Waals surface area (Å²) >= 11 is 0. The van der Waals surface area contributed by atoms with Crippen molar-refractivity contribution in [3.05, 3.63) is 17.8 Å². The minimum atomic E-state index is -0.811. The highest BCUT2D eigenvalue weighted by molar-refractivity contribution is 7.84. The molecule has 1 heterocycles. The van der Waals surface area contributed by atoms with Crippen LogP contribution in [0.25, 0.3) is 0 Å². The lowest BCUT2D eigenvalue weighted by Gasteiger charge is -2.10. The minimum absolute atomic E-state index is 0.145. The molecule has 2 unspecified atom stereocenters. The van der Waals surface area contributed by atoms with Gasteiger partial charge in [0.15, 0.2) is 5.69 Å². The van der Waals surface area contributed by atoms with E-state index in [0.717, 1.165) is 6.42 Å². The molecule has 0 aromatic carbocycles. The van der Waals surface area contributed by atoms with Crippen molar-refractivity contribution in [2.24, 2.45) is 0 Å². The van der Waals surface area contributed by atoms with Crippen molar-refractivity contribution in [3.8, 4) is 6.07 Å². The van der Waals surface area contributed by atoms with Gasteiger partial charge < -0.3 is 11.1 Å². The Morgan fingerprint density at radius 1 is 1.65 bits per heavy atom. The number of nitrogens with one attached hydrogen (secondary N) is 1. The number of hydrogen-bond acceptors (Lipinski definition) is 5. The zero-order valence-electron chi connectivity index (χ0n) is 9.93. The van der Waals surface area contributed by atoms with E-state index in [1.54, 1.807) is 18.4 Å². The van der Waals surface area contributed by atoms with E-state index in [0.29, 0.717) is 18.1 Å². The lowest BCUT2D eigenvalue weighted by atomic mass is 10.3. The Labute approximate surface area is 103 Å². The zero-order chi connectivity index (χ0) is 12.8. The molecule has 0 fully saturated rings. The Balaban J connectivity index is 2.53. The third-order valence-corrected chi connectivity index (χ3v) is 3.82. The Bertz CT molecular complexity index is 455. The first-order valence-corrected chi connectivity index (χ1v) is 6.89. The third kappa shape index (κ3) is 4.04. The number of nitriles is 1. The second-order valence-electron chi connectivity index (χ2n) is 3.77. The first-order valence-electron chi connectivity index (χ1n) is 5.27. The predicted molar refractivity (Wildman–Crippen MR) is 70.0 cm³/mol. The smallest absolute Gasteiger partial charge is 0.165 e. The molecule has 5 nitrogen and oxygen atoms in total. The molecule has 0 aliphatic rings. The average molecular weight is 252 g/mol. The van der Waals surface area contributed by atoms with Crippen LogP contribution in [0.5, 0.6) is 0 Å². The fraction of sp³-hybridized carbons (Fsp3) is 0.455. The summed E-state index contributed by atoms with van der Waals surface area (Å²) in [6, 6.07) is 5.30. The fourth-order valence-corrected chi connectivity index (χ4v) is 1.68. The van der Waals surface area contributed by atoms with E-state index in [1.807, 2.05) is 13.0 Å². The molecule has 0 saturated heterocycles. The van der Waals surface area contributed by atoms with Crippen molar-refractivity contribution in [3.63, 3.8) is 0 Å². The number of nitrogens with two attached hydrogens (primary N) is 1. The van der Waals surface area contributed by atoms with E-state index in [4.69, 9.17) is 11.0 Å². The fourth-order valence-electron chi connectivity index (χ4n) is 1.23. The van der Waals surface area contributed by atoms with Crippen LogP contribution in [0.1, 0.15) is 19.0 Å². The quantitative estimate of drug-likeness (QED) is 0.818. The van der Waals surface area contributed by atoms with Crippen LogP contribution in [0.15, 0.2) is 12.1 Å². The number of rotatable bonds is 5. The van der Waals surface area contributed by atoms with Gasteiger partial charge in [-0.25, -0.2) is 4.98 Å². The molecular weight excluding hydrogens is 236 g/mol. The SMILES string of the molecule is CC(CCNc1ccc(N)c(C#N)n1)S(C)=O. The van der Waals surface area contributed by atoms with Crippen molar-refractivity contribution < 1.29 is 4.21 Å². The summed E-state index contributed by atoms with van der Waals surface area (Å²) in [5, 5.41) is 12.0. The highest BCUT2D eigenvalue weighted by Gasteiger charge is 2.06. The maximum absolute atomic E-state index is 11.1. The minimum Gasteiger partial charge on any atom is -0.396 e. The van der Waals surface area contributed by atoms with Crippen molar-refractivity contribution in [2.45, 2.75) is 18.6 Å². The van der Waals surface area contributed by atoms with E-state index >= 15 is 0 Å². The molecule has 0 spiro atoms. The third-order valence-electron chi connectivity index (χ3n) is 2.46. The second-order valence-corrected chi connectivity index (χ2v) is 5.57. The molecule has 0 amide bonds. The summed E-state index contributed by atoms with van der Waals surface area (Å²) in [6.07, 6.45) is 2.48. The molecule has 0 aliphatic carbocycles. The molecule has 92 valence electrons. The van der Waals surface area contributed by atoms with Crippen LogP contribution in [-0.4, -0.2) is 27.2 Å². The lowest BCUT2D eigenvalue weighted by molar-refractivity contribution is 0.672. The van der Waals surface area contributed by atoms with E-state index in [9.17, 15) is 4.21 Å². The van der Waals surface area contributed by atoms with Crippen LogP contribution in [0, 0.1) is 11.3 Å². The number of hydrogen-bond donors (Lipinski definition) is 2. The van der Waals surface area contributed by atoms with Gasteiger partial charge in [0.2, 0.25) is 0 Å². The lowest BCUT2D eigenvalue weighted by Crippen LogP contribution is -2.15. The zero-order valence-corrected chi connectivity index (χ0v) is 10.8. The van der Waals surface area contributed by atoms with Crippen molar-refractivity contribution in [2.75, 3.05) is 23.9 Å². The highest BCUT2D eigenvalue weighted by atomic mass is 32.2. The first kappa shape index (κ1) is 13.5. The predicted octanol–water partition coefficient (Wildman–Crippen LogP) is 1.10. The molecule has 1 aromatic rings. The molecule has 17 heavy (non-hydrogen) atoms. The van der Waals surface area contributed by atoms with Gasteiger partial charge in [-0.3, -0.25) is 4.21 Å². The van der Waals surface area contributed by atoms with Gasteiger partial charge >= 0.3 is 0 Å². The summed E-state index contributed by atoms with van der Waals surface area (Å²) < 4.78 is 11.1. The summed E-state index contributed by atoms with van der Waals surface area (Å²) in [5.41, 5.74) is 6.16. The molecule has 0 radical (unpaired) electrons. The Kier molecular flexibility index (Phi) is 4.91. The highest BCUT2D eigenvalue weighted by Crippen LogP contribution is 2.12. The molecule has 1 aromatic heterocycles. The van der Waals surface area contributed by atoms with E-state index in [-0.39, 0.29) is 10.9 Å². The molecular formula is C11H16N4OS. The van der Waals surface area contributed by atoms with Crippen LogP contribution in [0.2, 0.25) is 0 Å². The van der Waals surface area contributed by atoms with E-state index in [1.165, 1.54) is 0 Å². The van der Waals surface area contributed by atoms with Gasteiger partial charge in [-0.15, -0.1) is 0 Å². The van der Waals surface area contributed by atoms with Crippen LogP contribution in [-0.2, 0) is 10.8 Å². The second kappa shape index (κ2) is 6.21. The van der Waals surface area contributed by atoms with Gasteiger partial charge in [-0.05, 0) is 18.6 Å². The molecule has 0 bridgehead atoms. The van der Waals surface area contributed by atoms with Gasteiger partial charge in [0.1, 0.15) is 11.9 Å². The van der Waals surface area contributed by atoms with Gasteiger partial charge in [0, 0.05) is 28.9 Å². The van der Waals surface area contributed by atoms with Crippen LogP contribution in [0.3, 0.4) is 0 Å². The van der Waals surface area contributed by atoms with E-state index in [2.05, 4.69) is 10.3 Å². The summed E-state index contributed by atoms with van der Waals surface area (Å²) in [6.45, 7) is 2.61. The normalized spacial score (nSPS) is 13.7.